The summed E-state index contributed by atoms with van der Waals surface area (Å²) in [6.07, 6.45) is 2.64. The molecule has 1 N–H and O–H groups in total. The van der Waals surface area contributed by atoms with Gasteiger partial charge in [-0.2, -0.15) is 0 Å². The van der Waals surface area contributed by atoms with Crippen molar-refractivity contribution in [3.05, 3.63) is 52.8 Å². The van der Waals surface area contributed by atoms with Crippen LogP contribution in [-0.2, 0) is 4.79 Å². The molecular formula is C22H23N3O4S. The minimum Gasteiger partial charge on any atom is -0.493 e. The number of methoxy groups -OCH3 is 2. The van der Waals surface area contributed by atoms with Crippen LogP contribution in [0.25, 0.3) is 16.6 Å². The number of rotatable bonds is 5. The maximum absolute atomic E-state index is 13.4. The van der Waals surface area contributed by atoms with Gasteiger partial charge in [-0.15, -0.1) is 0 Å². The number of thioether (sulfide) groups is 1. The van der Waals surface area contributed by atoms with E-state index in [-0.39, 0.29) is 16.7 Å². The molecule has 0 bridgehead atoms. The number of benzene rings is 2. The van der Waals surface area contributed by atoms with Gasteiger partial charge in [0, 0.05) is 12.6 Å². The molecule has 8 heteroatoms. The topological polar surface area (TPSA) is 82.5 Å². The first-order valence-corrected chi connectivity index (χ1v) is 10.7. The zero-order valence-corrected chi connectivity index (χ0v) is 17.7. The molecule has 0 spiro atoms. The highest BCUT2D eigenvalue weighted by atomic mass is 32.2. The minimum absolute atomic E-state index is 0.0150. The Morgan fingerprint density at radius 2 is 1.87 bits per heavy atom. The van der Waals surface area contributed by atoms with Crippen LogP contribution in [0.3, 0.4) is 0 Å². The van der Waals surface area contributed by atoms with Crippen LogP contribution >= 0.6 is 11.8 Å². The standard InChI is InChI=1S/C22H23N3O4S/c1-28-17-11-10-14(13-18(17)29-2)25-21(27)15-7-3-4-8-16(15)24-22(25)30-19-9-5-6-12-23-20(19)26/h3-4,7-8,10-11,13,19H,5-6,9,12H2,1-2H3,(H,23,26). The second-order valence-corrected chi connectivity index (χ2v) is 8.15. The van der Waals surface area contributed by atoms with E-state index in [0.717, 1.165) is 19.3 Å². The van der Waals surface area contributed by atoms with Crippen LogP contribution in [0.4, 0.5) is 0 Å². The number of aromatic nitrogens is 2. The van der Waals surface area contributed by atoms with Gasteiger partial charge in [0.05, 0.1) is 36.1 Å². The summed E-state index contributed by atoms with van der Waals surface area (Å²) < 4.78 is 12.3. The third-order valence-electron chi connectivity index (χ3n) is 5.10. The van der Waals surface area contributed by atoms with Crippen molar-refractivity contribution >= 4 is 28.6 Å². The summed E-state index contributed by atoms with van der Waals surface area (Å²) in [6, 6.07) is 12.5. The van der Waals surface area contributed by atoms with Gasteiger partial charge in [-0.1, -0.05) is 30.3 Å². The molecule has 1 aromatic heterocycles. The number of carbonyl (C=O) groups excluding carboxylic acids is 1. The van der Waals surface area contributed by atoms with Crippen molar-refractivity contribution in [2.75, 3.05) is 20.8 Å². The Kier molecular flexibility index (Phi) is 5.94. The molecule has 1 unspecified atom stereocenters. The Labute approximate surface area is 178 Å². The Hall–Kier alpha value is -3.00. The molecule has 1 atom stereocenters. The van der Waals surface area contributed by atoms with E-state index in [9.17, 15) is 9.59 Å². The van der Waals surface area contributed by atoms with Crippen LogP contribution in [0.15, 0.2) is 52.4 Å². The van der Waals surface area contributed by atoms with E-state index in [2.05, 4.69) is 5.32 Å². The fourth-order valence-corrected chi connectivity index (χ4v) is 4.71. The molecule has 1 saturated heterocycles. The first-order valence-electron chi connectivity index (χ1n) is 9.81. The molecule has 0 aliphatic carbocycles. The third kappa shape index (κ3) is 3.87. The van der Waals surface area contributed by atoms with E-state index in [1.165, 1.54) is 11.8 Å². The van der Waals surface area contributed by atoms with Gasteiger partial charge in [-0.05, 0) is 37.1 Å². The summed E-state index contributed by atoms with van der Waals surface area (Å²) in [5.74, 6) is 1.07. The molecule has 7 nitrogen and oxygen atoms in total. The predicted octanol–water partition coefficient (Wildman–Crippen LogP) is 3.16. The quantitative estimate of drug-likeness (QED) is 0.633. The SMILES string of the molecule is COc1ccc(-n2c(SC3CCCCNC3=O)nc3ccccc3c2=O)cc1OC. The van der Waals surface area contributed by atoms with Gasteiger partial charge in [-0.25, -0.2) is 4.98 Å². The molecule has 3 aromatic rings. The fraction of sp³-hybridized carbons (Fsp3) is 0.318. The first-order chi connectivity index (χ1) is 14.6. The van der Waals surface area contributed by atoms with Crippen LogP contribution < -0.4 is 20.3 Å². The van der Waals surface area contributed by atoms with Gasteiger partial charge in [0.15, 0.2) is 16.7 Å². The van der Waals surface area contributed by atoms with Crippen LogP contribution in [0.5, 0.6) is 11.5 Å². The molecule has 1 amide bonds. The highest BCUT2D eigenvalue weighted by Gasteiger charge is 2.25. The van der Waals surface area contributed by atoms with Crippen molar-refractivity contribution in [3.63, 3.8) is 0 Å². The normalized spacial score (nSPS) is 16.7. The smallest absolute Gasteiger partial charge is 0.266 e. The lowest BCUT2D eigenvalue weighted by Crippen LogP contribution is -2.31. The lowest BCUT2D eigenvalue weighted by atomic mass is 10.2. The summed E-state index contributed by atoms with van der Waals surface area (Å²) in [5.41, 5.74) is 1.02. The van der Waals surface area contributed by atoms with E-state index in [4.69, 9.17) is 14.5 Å². The molecule has 4 rings (SSSR count). The maximum atomic E-state index is 13.4. The zero-order valence-electron chi connectivity index (χ0n) is 16.9. The number of nitrogens with one attached hydrogen (secondary N) is 1. The average Bonchev–Trinajstić information content (AvgIpc) is 2.97. The monoisotopic (exact) mass is 425 g/mol. The number of amides is 1. The molecule has 1 fully saturated rings. The Morgan fingerprint density at radius 1 is 1.07 bits per heavy atom. The van der Waals surface area contributed by atoms with Gasteiger partial charge >= 0.3 is 0 Å². The lowest BCUT2D eigenvalue weighted by molar-refractivity contribution is -0.120. The lowest BCUT2D eigenvalue weighted by Gasteiger charge is -2.18. The molecule has 1 aliphatic heterocycles. The maximum Gasteiger partial charge on any atom is 0.266 e. The van der Waals surface area contributed by atoms with Gasteiger partial charge in [0.2, 0.25) is 5.91 Å². The number of para-hydroxylation sites is 1. The molecule has 156 valence electrons. The number of ether oxygens (including phenoxy) is 2. The van der Waals surface area contributed by atoms with Crippen molar-refractivity contribution in [1.82, 2.24) is 14.9 Å². The van der Waals surface area contributed by atoms with Gasteiger partial charge in [0.1, 0.15) is 0 Å². The van der Waals surface area contributed by atoms with Gasteiger partial charge < -0.3 is 14.8 Å². The van der Waals surface area contributed by atoms with Gasteiger partial charge in [-0.3, -0.25) is 14.2 Å². The predicted molar refractivity (Wildman–Crippen MR) is 117 cm³/mol. The summed E-state index contributed by atoms with van der Waals surface area (Å²) in [4.78, 5) is 30.7. The average molecular weight is 426 g/mol. The van der Waals surface area contributed by atoms with Crippen LogP contribution in [0, 0.1) is 0 Å². The van der Waals surface area contributed by atoms with E-state index in [0.29, 0.717) is 39.8 Å². The van der Waals surface area contributed by atoms with Crippen LogP contribution in [-0.4, -0.2) is 41.5 Å². The number of nitrogens with zero attached hydrogens (tertiary/aromatic N) is 2. The van der Waals surface area contributed by atoms with Crippen LogP contribution in [0.1, 0.15) is 19.3 Å². The molecule has 1 aliphatic rings. The minimum atomic E-state index is -0.299. The summed E-state index contributed by atoms with van der Waals surface area (Å²) in [5, 5.41) is 3.64. The second kappa shape index (κ2) is 8.79. The molecule has 2 heterocycles. The number of fused-ring (bicyclic) bond motifs is 1. The number of carbonyl (C=O) groups is 1. The highest BCUT2D eigenvalue weighted by molar-refractivity contribution is 8.00. The van der Waals surface area contributed by atoms with Crippen molar-refractivity contribution in [3.8, 4) is 17.2 Å². The van der Waals surface area contributed by atoms with Crippen molar-refractivity contribution in [1.29, 1.82) is 0 Å². The van der Waals surface area contributed by atoms with E-state index in [1.807, 2.05) is 18.2 Å². The number of hydrogen-bond donors (Lipinski definition) is 1. The molecule has 30 heavy (non-hydrogen) atoms. The molecule has 0 saturated carbocycles. The third-order valence-corrected chi connectivity index (χ3v) is 6.32. The van der Waals surface area contributed by atoms with E-state index in [1.54, 1.807) is 43.1 Å². The van der Waals surface area contributed by atoms with Crippen molar-refractivity contribution in [2.45, 2.75) is 29.7 Å². The summed E-state index contributed by atoms with van der Waals surface area (Å²) >= 11 is 1.33. The first kappa shape index (κ1) is 20.3. The van der Waals surface area contributed by atoms with Gasteiger partial charge in [0.25, 0.3) is 5.56 Å². The van der Waals surface area contributed by atoms with Crippen molar-refractivity contribution in [2.24, 2.45) is 0 Å². The Balaban J connectivity index is 1.88. The zero-order chi connectivity index (χ0) is 21.1. The molecular weight excluding hydrogens is 402 g/mol. The Bertz CT molecular complexity index is 1140. The highest BCUT2D eigenvalue weighted by Crippen LogP contribution is 2.32. The summed E-state index contributed by atoms with van der Waals surface area (Å²) in [7, 11) is 3.11. The fourth-order valence-electron chi connectivity index (χ4n) is 3.53. The largest absolute Gasteiger partial charge is 0.493 e. The molecule has 0 radical (unpaired) electrons. The second-order valence-electron chi connectivity index (χ2n) is 6.98. The van der Waals surface area contributed by atoms with E-state index >= 15 is 0 Å². The molecule has 2 aromatic carbocycles. The van der Waals surface area contributed by atoms with Crippen LogP contribution in [0.2, 0.25) is 0 Å². The summed E-state index contributed by atoms with van der Waals surface area (Å²) in [6.45, 7) is 0.684. The Morgan fingerprint density at radius 3 is 2.67 bits per heavy atom. The van der Waals surface area contributed by atoms with Crippen molar-refractivity contribution < 1.29 is 14.3 Å². The van der Waals surface area contributed by atoms with E-state index < -0.39 is 0 Å². The number of hydrogen-bond acceptors (Lipinski definition) is 6.